The van der Waals surface area contributed by atoms with Crippen molar-refractivity contribution in [3.05, 3.63) is 51.3 Å². The van der Waals surface area contributed by atoms with Gasteiger partial charge in [0, 0.05) is 0 Å². The molecule has 3 nitrogen and oxygen atoms in total. The van der Waals surface area contributed by atoms with Crippen LogP contribution in [0.3, 0.4) is 0 Å². The van der Waals surface area contributed by atoms with Gasteiger partial charge in [-0.05, 0) is 64.4 Å². The van der Waals surface area contributed by atoms with E-state index in [1.54, 1.807) is 13.2 Å². The molecule has 0 spiro atoms. The molecule has 1 N–H and O–H groups in total. The summed E-state index contributed by atoms with van der Waals surface area (Å²) in [5.74, 6) is 1.57. The summed E-state index contributed by atoms with van der Waals surface area (Å²) in [6.07, 6.45) is 0. The number of methoxy groups -OCH3 is 1. The molecule has 18 heavy (non-hydrogen) atoms. The minimum atomic E-state index is -0.0419. The third-order valence-corrected chi connectivity index (χ3v) is 3.50. The molecule has 1 aromatic carbocycles. The lowest BCUT2D eigenvalue weighted by atomic mass is 10.0. The van der Waals surface area contributed by atoms with Gasteiger partial charge in [-0.25, -0.2) is 0 Å². The summed E-state index contributed by atoms with van der Waals surface area (Å²) in [7, 11) is 3.51. The Bertz CT molecular complexity index is 542. The van der Waals surface area contributed by atoms with Crippen molar-refractivity contribution in [3.63, 3.8) is 0 Å². The standard InChI is InChI=1S/C13H13BrClNO2/c1-16-13(11-5-6-12(15)18-11)8-3-4-10(17-2)9(14)7-8/h3-7,13,16H,1-2H3. The predicted molar refractivity (Wildman–Crippen MR) is 75.3 cm³/mol. The van der Waals surface area contributed by atoms with Crippen LogP contribution < -0.4 is 10.1 Å². The van der Waals surface area contributed by atoms with E-state index in [0.29, 0.717) is 5.22 Å². The van der Waals surface area contributed by atoms with Crippen LogP contribution in [0.1, 0.15) is 17.4 Å². The summed E-state index contributed by atoms with van der Waals surface area (Å²) in [6.45, 7) is 0. The van der Waals surface area contributed by atoms with Gasteiger partial charge < -0.3 is 14.5 Å². The molecule has 1 unspecified atom stereocenters. The number of hydrogen-bond acceptors (Lipinski definition) is 3. The highest BCUT2D eigenvalue weighted by Crippen LogP contribution is 2.31. The van der Waals surface area contributed by atoms with Crippen LogP contribution in [0.5, 0.6) is 5.75 Å². The number of benzene rings is 1. The van der Waals surface area contributed by atoms with Crippen LogP contribution in [0.25, 0.3) is 0 Å². The van der Waals surface area contributed by atoms with Gasteiger partial charge in [-0.2, -0.15) is 0 Å². The van der Waals surface area contributed by atoms with E-state index in [2.05, 4.69) is 21.2 Å². The van der Waals surface area contributed by atoms with Crippen molar-refractivity contribution in [2.75, 3.05) is 14.2 Å². The lowest BCUT2D eigenvalue weighted by Gasteiger charge is -2.15. The van der Waals surface area contributed by atoms with E-state index < -0.39 is 0 Å². The second-order valence-corrected chi connectivity index (χ2v) is 4.98. The SMILES string of the molecule is CNC(c1ccc(OC)c(Br)c1)c1ccc(Cl)o1. The molecule has 0 bridgehead atoms. The summed E-state index contributed by atoms with van der Waals surface area (Å²) in [4.78, 5) is 0. The number of hydrogen-bond donors (Lipinski definition) is 1. The summed E-state index contributed by atoms with van der Waals surface area (Å²) in [5.41, 5.74) is 1.07. The van der Waals surface area contributed by atoms with Crippen LogP contribution in [-0.4, -0.2) is 14.2 Å². The Morgan fingerprint density at radius 3 is 2.61 bits per heavy atom. The van der Waals surface area contributed by atoms with E-state index in [0.717, 1.165) is 21.5 Å². The third kappa shape index (κ3) is 2.71. The Morgan fingerprint density at radius 1 is 1.33 bits per heavy atom. The Labute approximate surface area is 119 Å². The maximum absolute atomic E-state index is 5.80. The first-order chi connectivity index (χ1) is 8.65. The molecular weight excluding hydrogens is 318 g/mol. The zero-order valence-corrected chi connectivity index (χ0v) is 12.4. The molecule has 5 heteroatoms. The van der Waals surface area contributed by atoms with Crippen LogP contribution in [0.15, 0.2) is 39.2 Å². The second kappa shape index (κ2) is 5.78. The fourth-order valence-corrected chi connectivity index (χ4v) is 2.53. The van der Waals surface area contributed by atoms with Gasteiger partial charge in [0.15, 0.2) is 5.22 Å². The zero-order chi connectivity index (χ0) is 13.1. The molecule has 0 aliphatic rings. The van der Waals surface area contributed by atoms with Gasteiger partial charge >= 0.3 is 0 Å². The predicted octanol–water partition coefficient (Wildman–Crippen LogP) is 4.01. The zero-order valence-electron chi connectivity index (χ0n) is 10.0. The summed E-state index contributed by atoms with van der Waals surface area (Å²) in [6, 6.07) is 9.45. The van der Waals surface area contributed by atoms with Crippen molar-refractivity contribution in [2.45, 2.75) is 6.04 Å². The van der Waals surface area contributed by atoms with E-state index in [9.17, 15) is 0 Å². The minimum absolute atomic E-state index is 0.0419. The van der Waals surface area contributed by atoms with Crippen LogP contribution in [0, 0.1) is 0 Å². The van der Waals surface area contributed by atoms with Crippen LogP contribution >= 0.6 is 27.5 Å². The Morgan fingerprint density at radius 2 is 2.11 bits per heavy atom. The average Bonchev–Trinajstić information content (AvgIpc) is 2.77. The van der Waals surface area contributed by atoms with Crippen molar-refractivity contribution in [1.29, 1.82) is 0 Å². The maximum atomic E-state index is 5.80. The van der Waals surface area contributed by atoms with Crippen LogP contribution in [0.4, 0.5) is 0 Å². The van der Waals surface area contributed by atoms with E-state index in [1.807, 2.05) is 31.3 Å². The highest BCUT2D eigenvalue weighted by atomic mass is 79.9. The molecule has 0 aliphatic carbocycles. The van der Waals surface area contributed by atoms with Gasteiger partial charge in [0.2, 0.25) is 0 Å². The van der Waals surface area contributed by atoms with Crippen molar-refractivity contribution in [3.8, 4) is 5.75 Å². The summed E-state index contributed by atoms with van der Waals surface area (Å²) < 4.78 is 11.6. The van der Waals surface area contributed by atoms with Gasteiger partial charge in [-0.3, -0.25) is 0 Å². The first kappa shape index (κ1) is 13.5. The van der Waals surface area contributed by atoms with E-state index in [1.165, 1.54) is 0 Å². The lowest BCUT2D eigenvalue weighted by molar-refractivity contribution is 0.411. The molecule has 0 radical (unpaired) electrons. The molecule has 0 amide bonds. The molecule has 0 fully saturated rings. The van der Waals surface area contributed by atoms with E-state index in [-0.39, 0.29) is 6.04 Å². The number of furan rings is 1. The van der Waals surface area contributed by atoms with Crippen LogP contribution in [0.2, 0.25) is 5.22 Å². The molecule has 2 aromatic rings. The molecule has 0 saturated carbocycles. The van der Waals surface area contributed by atoms with Crippen molar-refractivity contribution in [1.82, 2.24) is 5.32 Å². The van der Waals surface area contributed by atoms with Gasteiger partial charge in [0.05, 0.1) is 17.6 Å². The molecule has 0 aliphatic heterocycles. The Balaban J connectivity index is 2.36. The fourth-order valence-electron chi connectivity index (χ4n) is 1.82. The molecule has 96 valence electrons. The first-order valence-corrected chi connectivity index (χ1v) is 6.58. The molecule has 1 heterocycles. The largest absolute Gasteiger partial charge is 0.496 e. The number of ether oxygens (including phenoxy) is 1. The molecular formula is C13H13BrClNO2. The first-order valence-electron chi connectivity index (χ1n) is 5.41. The van der Waals surface area contributed by atoms with Crippen molar-refractivity contribution >= 4 is 27.5 Å². The maximum Gasteiger partial charge on any atom is 0.193 e. The molecule has 1 atom stereocenters. The summed E-state index contributed by atoms with van der Waals surface area (Å²) in [5, 5.41) is 3.59. The number of halogens is 2. The molecule has 2 rings (SSSR count). The van der Waals surface area contributed by atoms with Crippen molar-refractivity contribution in [2.24, 2.45) is 0 Å². The van der Waals surface area contributed by atoms with Gasteiger partial charge in [0.25, 0.3) is 0 Å². The van der Waals surface area contributed by atoms with Crippen molar-refractivity contribution < 1.29 is 9.15 Å². The van der Waals surface area contributed by atoms with Gasteiger partial charge in [-0.15, -0.1) is 0 Å². The lowest BCUT2D eigenvalue weighted by Crippen LogP contribution is -2.16. The Kier molecular flexibility index (Phi) is 4.32. The Hall–Kier alpha value is -0.970. The summed E-state index contributed by atoms with van der Waals surface area (Å²) >= 11 is 9.28. The van der Waals surface area contributed by atoms with Crippen LogP contribution in [-0.2, 0) is 0 Å². The third-order valence-electron chi connectivity index (χ3n) is 2.68. The van der Waals surface area contributed by atoms with E-state index in [4.69, 9.17) is 20.8 Å². The molecule has 0 saturated heterocycles. The quantitative estimate of drug-likeness (QED) is 0.919. The topological polar surface area (TPSA) is 34.4 Å². The van der Waals surface area contributed by atoms with Gasteiger partial charge in [0.1, 0.15) is 11.5 Å². The van der Waals surface area contributed by atoms with E-state index >= 15 is 0 Å². The normalized spacial score (nSPS) is 12.4. The minimum Gasteiger partial charge on any atom is -0.496 e. The highest BCUT2D eigenvalue weighted by Gasteiger charge is 2.17. The monoisotopic (exact) mass is 329 g/mol. The second-order valence-electron chi connectivity index (χ2n) is 3.76. The number of nitrogens with one attached hydrogen (secondary N) is 1. The smallest absolute Gasteiger partial charge is 0.193 e. The van der Waals surface area contributed by atoms with Gasteiger partial charge in [-0.1, -0.05) is 6.07 Å². The molecule has 1 aromatic heterocycles. The highest BCUT2D eigenvalue weighted by molar-refractivity contribution is 9.10. The average molecular weight is 331 g/mol. The number of rotatable bonds is 4. The fraction of sp³-hybridized carbons (Fsp3) is 0.231.